The molecule has 0 bridgehead atoms. The van der Waals surface area contributed by atoms with Crippen LogP contribution in [0.25, 0.3) is 10.9 Å². The Labute approximate surface area is 107 Å². The van der Waals surface area contributed by atoms with Gasteiger partial charge in [-0.2, -0.15) is 0 Å². The van der Waals surface area contributed by atoms with Gasteiger partial charge in [-0.05, 0) is 44.4 Å². The molecule has 1 N–H and O–H groups in total. The highest BCUT2D eigenvalue weighted by Crippen LogP contribution is 2.26. The number of rotatable bonds is 3. The average molecular weight is 245 g/mol. The van der Waals surface area contributed by atoms with E-state index in [1.165, 1.54) is 10.9 Å². The molecule has 0 atom stereocenters. The number of carboxylic acids is 1. The minimum atomic E-state index is -0.759. The standard InChI is InChI=1S/C15H19NO2/c1-10-9-16(4)13-7-11(5-6-12(10)13)8-15(2,3)14(17)18/h5-7,9H,8H2,1-4H3,(H,17,18). The summed E-state index contributed by atoms with van der Waals surface area (Å²) in [5.74, 6) is -0.759. The molecule has 1 heterocycles. The molecule has 1 aromatic heterocycles. The van der Waals surface area contributed by atoms with Crippen LogP contribution in [0.1, 0.15) is 25.0 Å². The van der Waals surface area contributed by atoms with Gasteiger partial charge < -0.3 is 9.67 Å². The molecular weight excluding hydrogens is 226 g/mol. The zero-order valence-corrected chi connectivity index (χ0v) is 11.3. The van der Waals surface area contributed by atoms with E-state index < -0.39 is 11.4 Å². The number of aromatic nitrogens is 1. The Morgan fingerprint density at radius 2 is 2.06 bits per heavy atom. The summed E-state index contributed by atoms with van der Waals surface area (Å²) in [6.07, 6.45) is 2.64. The number of fused-ring (bicyclic) bond motifs is 1. The van der Waals surface area contributed by atoms with Gasteiger partial charge in [-0.25, -0.2) is 0 Å². The molecule has 0 fully saturated rings. The van der Waals surface area contributed by atoms with Crippen LogP contribution in [0, 0.1) is 12.3 Å². The van der Waals surface area contributed by atoms with Crippen LogP contribution in [0.4, 0.5) is 0 Å². The van der Waals surface area contributed by atoms with Gasteiger partial charge in [0.2, 0.25) is 0 Å². The van der Waals surface area contributed by atoms with Crippen molar-refractivity contribution in [2.24, 2.45) is 12.5 Å². The lowest BCUT2D eigenvalue weighted by Gasteiger charge is -2.19. The fourth-order valence-corrected chi connectivity index (χ4v) is 2.33. The molecule has 18 heavy (non-hydrogen) atoms. The summed E-state index contributed by atoms with van der Waals surface area (Å²) in [6, 6.07) is 6.20. The second-order valence-electron chi connectivity index (χ2n) is 5.64. The molecule has 2 rings (SSSR count). The molecule has 0 aliphatic rings. The molecular formula is C15H19NO2. The van der Waals surface area contributed by atoms with Gasteiger partial charge in [0.1, 0.15) is 0 Å². The van der Waals surface area contributed by atoms with Crippen molar-refractivity contribution in [1.29, 1.82) is 0 Å². The van der Waals surface area contributed by atoms with E-state index in [4.69, 9.17) is 5.11 Å². The van der Waals surface area contributed by atoms with Crippen molar-refractivity contribution in [2.45, 2.75) is 27.2 Å². The van der Waals surface area contributed by atoms with Gasteiger partial charge in [-0.15, -0.1) is 0 Å². The summed E-state index contributed by atoms with van der Waals surface area (Å²) in [6.45, 7) is 5.61. The Morgan fingerprint density at radius 3 is 2.67 bits per heavy atom. The molecule has 0 aliphatic carbocycles. The summed E-state index contributed by atoms with van der Waals surface area (Å²) in [5, 5.41) is 10.4. The Kier molecular flexibility index (Phi) is 2.93. The molecule has 96 valence electrons. The molecule has 0 saturated carbocycles. The third kappa shape index (κ3) is 2.13. The van der Waals surface area contributed by atoms with Crippen molar-refractivity contribution >= 4 is 16.9 Å². The number of hydrogen-bond acceptors (Lipinski definition) is 1. The van der Waals surface area contributed by atoms with Crippen LogP contribution < -0.4 is 0 Å². The number of benzene rings is 1. The first-order valence-corrected chi connectivity index (χ1v) is 6.09. The summed E-state index contributed by atoms with van der Waals surface area (Å²) in [5.41, 5.74) is 2.74. The molecule has 3 heteroatoms. The zero-order chi connectivity index (χ0) is 13.5. The summed E-state index contributed by atoms with van der Waals surface area (Å²) in [7, 11) is 2.02. The van der Waals surface area contributed by atoms with E-state index in [1.54, 1.807) is 13.8 Å². The zero-order valence-electron chi connectivity index (χ0n) is 11.3. The highest BCUT2D eigenvalue weighted by molar-refractivity contribution is 5.84. The molecule has 2 aromatic rings. The van der Waals surface area contributed by atoms with E-state index in [-0.39, 0.29) is 0 Å². The molecule has 0 amide bonds. The van der Waals surface area contributed by atoms with Crippen LogP contribution in [0.3, 0.4) is 0 Å². The van der Waals surface area contributed by atoms with Crippen molar-refractivity contribution in [3.05, 3.63) is 35.5 Å². The lowest BCUT2D eigenvalue weighted by atomic mass is 9.86. The van der Waals surface area contributed by atoms with E-state index >= 15 is 0 Å². The maximum atomic E-state index is 11.2. The molecule has 0 saturated heterocycles. The highest BCUT2D eigenvalue weighted by Gasteiger charge is 2.27. The quantitative estimate of drug-likeness (QED) is 0.902. The van der Waals surface area contributed by atoms with Crippen molar-refractivity contribution in [3.8, 4) is 0 Å². The molecule has 3 nitrogen and oxygen atoms in total. The first-order chi connectivity index (χ1) is 8.31. The van der Waals surface area contributed by atoms with Gasteiger partial charge in [-0.1, -0.05) is 12.1 Å². The summed E-state index contributed by atoms with van der Waals surface area (Å²) < 4.78 is 2.09. The maximum absolute atomic E-state index is 11.2. The number of aliphatic carboxylic acids is 1. The number of carbonyl (C=O) groups is 1. The van der Waals surface area contributed by atoms with Crippen LogP contribution in [0.2, 0.25) is 0 Å². The van der Waals surface area contributed by atoms with E-state index in [9.17, 15) is 4.79 Å². The Morgan fingerprint density at radius 1 is 1.39 bits per heavy atom. The first kappa shape index (κ1) is 12.7. The van der Waals surface area contributed by atoms with Gasteiger partial charge in [0.25, 0.3) is 0 Å². The second kappa shape index (κ2) is 4.16. The molecule has 0 radical (unpaired) electrons. The van der Waals surface area contributed by atoms with Crippen molar-refractivity contribution in [2.75, 3.05) is 0 Å². The normalized spacial score (nSPS) is 12.0. The van der Waals surface area contributed by atoms with Gasteiger partial charge in [0.15, 0.2) is 0 Å². The summed E-state index contributed by atoms with van der Waals surface area (Å²) >= 11 is 0. The van der Waals surface area contributed by atoms with E-state index in [1.807, 2.05) is 13.1 Å². The first-order valence-electron chi connectivity index (χ1n) is 6.09. The molecule has 0 spiro atoms. The second-order valence-corrected chi connectivity index (χ2v) is 5.64. The Hall–Kier alpha value is -1.77. The molecule has 0 unspecified atom stereocenters. The van der Waals surface area contributed by atoms with Crippen LogP contribution in [-0.4, -0.2) is 15.6 Å². The van der Waals surface area contributed by atoms with Gasteiger partial charge in [-0.3, -0.25) is 4.79 Å². The maximum Gasteiger partial charge on any atom is 0.309 e. The molecule has 0 aliphatic heterocycles. The molecule has 1 aromatic carbocycles. The van der Waals surface area contributed by atoms with E-state index in [0.29, 0.717) is 6.42 Å². The largest absolute Gasteiger partial charge is 0.481 e. The lowest BCUT2D eigenvalue weighted by Crippen LogP contribution is -2.26. The predicted molar refractivity (Wildman–Crippen MR) is 72.8 cm³/mol. The van der Waals surface area contributed by atoms with Gasteiger partial charge >= 0.3 is 5.97 Å². The minimum Gasteiger partial charge on any atom is -0.481 e. The third-order valence-corrected chi connectivity index (χ3v) is 3.48. The highest BCUT2D eigenvalue weighted by atomic mass is 16.4. The monoisotopic (exact) mass is 245 g/mol. The topological polar surface area (TPSA) is 42.2 Å². The number of aryl methyl sites for hydroxylation is 2. The fourth-order valence-electron chi connectivity index (χ4n) is 2.33. The van der Waals surface area contributed by atoms with Crippen molar-refractivity contribution in [1.82, 2.24) is 4.57 Å². The van der Waals surface area contributed by atoms with E-state index in [2.05, 4.69) is 29.8 Å². The SMILES string of the molecule is Cc1cn(C)c2cc(CC(C)(C)C(=O)O)ccc12. The van der Waals surface area contributed by atoms with Crippen LogP contribution in [0.15, 0.2) is 24.4 Å². The fraction of sp³-hybridized carbons (Fsp3) is 0.400. The van der Waals surface area contributed by atoms with E-state index in [0.717, 1.165) is 11.1 Å². The Bertz CT molecular complexity index is 608. The van der Waals surface area contributed by atoms with Crippen LogP contribution in [0.5, 0.6) is 0 Å². The third-order valence-electron chi connectivity index (χ3n) is 3.48. The van der Waals surface area contributed by atoms with Crippen molar-refractivity contribution in [3.63, 3.8) is 0 Å². The van der Waals surface area contributed by atoms with Crippen molar-refractivity contribution < 1.29 is 9.90 Å². The van der Waals surface area contributed by atoms with Crippen LogP contribution in [-0.2, 0) is 18.3 Å². The van der Waals surface area contributed by atoms with Crippen LogP contribution >= 0.6 is 0 Å². The predicted octanol–water partition coefficient (Wildman–Crippen LogP) is 3.14. The smallest absolute Gasteiger partial charge is 0.309 e. The van der Waals surface area contributed by atoms with Gasteiger partial charge in [0.05, 0.1) is 5.41 Å². The number of carboxylic acid groups (broad SMARTS) is 1. The average Bonchev–Trinajstić information content (AvgIpc) is 2.54. The lowest BCUT2D eigenvalue weighted by molar-refractivity contribution is -0.146. The number of nitrogens with zero attached hydrogens (tertiary/aromatic N) is 1. The Balaban J connectivity index is 2.42. The minimum absolute atomic E-state index is 0.544. The van der Waals surface area contributed by atoms with Gasteiger partial charge in [0, 0.05) is 24.1 Å². The summed E-state index contributed by atoms with van der Waals surface area (Å²) in [4.78, 5) is 11.2. The number of hydrogen-bond donors (Lipinski definition) is 1.